The van der Waals surface area contributed by atoms with Gasteiger partial charge in [-0.3, -0.25) is 0 Å². The summed E-state index contributed by atoms with van der Waals surface area (Å²) in [5, 5.41) is 8.96. The maximum Gasteiger partial charge on any atom is 0.163 e. The van der Waals surface area contributed by atoms with E-state index in [0.29, 0.717) is 85.0 Å². The molecule has 1 aromatic heterocycles. The molecule has 0 aliphatic carbocycles. The highest BCUT2D eigenvalue weighted by Gasteiger charge is 2.36. The van der Waals surface area contributed by atoms with E-state index in [-0.39, 0.29) is 76.7 Å². The molecule has 1 aromatic rings. The monoisotopic (exact) mass is 1020 g/mol. The van der Waals surface area contributed by atoms with E-state index < -0.39 is 41.5 Å². The number of rotatable bonds is 40. The van der Waals surface area contributed by atoms with Gasteiger partial charge in [-0.15, -0.1) is 18.3 Å². The van der Waals surface area contributed by atoms with Crippen molar-refractivity contribution in [3.8, 4) is 0 Å². The number of nitrogens with zero attached hydrogens (tertiary/aromatic N) is 3. The summed E-state index contributed by atoms with van der Waals surface area (Å²) in [4.78, 5) is 0. The van der Waals surface area contributed by atoms with E-state index in [1.807, 2.05) is 73.7 Å². The molecular formula is C51H89N3O17. The van der Waals surface area contributed by atoms with Crippen LogP contribution in [0.1, 0.15) is 106 Å². The van der Waals surface area contributed by atoms with Gasteiger partial charge in [0, 0.05) is 13.2 Å². The van der Waals surface area contributed by atoms with E-state index >= 15 is 0 Å². The Morgan fingerprint density at radius 3 is 1.28 bits per heavy atom. The van der Waals surface area contributed by atoms with Crippen molar-refractivity contribution in [1.82, 2.24) is 15.0 Å². The first-order valence-electron chi connectivity index (χ1n) is 25.7. The summed E-state index contributed by atoms with van der Waals surface area (Å²) in [5.41, 5.74) is 0.632. The molecule has 0 spiro atoms. The van der Waals surface area contributed by atoms with Gasteiger partial charge in [-0.25, -0.2) is 4.68 Å². The fourth-order valence-corrected chi connectivity index (χ4v) is 8.01. The molecule has 71 heavy (non-hydrogen) atoms. The molecule has 410 valence electrons. The summed E-state index contributed by atoms with van der Waals surface area (Å²) in [6, 6.07) is -0.172. The largest absolute Gasteiger partial charge is 0.379 e. The van der Waals surface area contributed by atoms with Gasteiger partial charge < -0.3 is 80.5 Å². The summed E-state index contributed by atoms with van der Waals surface area (Å²) in [6.45, 7) is 29.3. The zero-order valence-electron chi connectivity index (χ0n) is 44.2. The molecule has 6 unspecified atom stereocenters. The first kappa shape index (κ1) is 59.8. The Labute approximate surface area is 423 Å². The van der Waals surface area contributed by atoms with E-state index in [9.17, 15) is 0 Å². The van der Waals surface area contributed by atoms with Gasteiger partial charge in [0.05, 0.1) is 119 Å². The minimum Gasteiger partial charge on any atom is -0.379 e. The lowest BCUT2D eigenvalue weighted by molar-refractivity contribution is -0.161. The quantitative estimate of drug-likeness (QED) is 0.0559. The topological polar surface area (TPSA) is 188 Å². The molecule has 0 aromatic carbocycles. The standard InChI is InChI=1S/C51H89N3O17/c1-11-13-15-17-19-55-23-40(24-56-20-18-16-14-12-2)54-21-39(52-53-54)22-61-41(25-57-27-42(62-33-46-37-66-50(7,8)70-46)29-59-31-44-35-64-48(3,4)68-44)26-58-28-43(63-34-47-38-67-51(9,10)71-47)30-60-32-45-36-65-49(5,6)69-45/h11-12,21,40-47H,1-2,13-20,22-38H2,3-10H3. The van der Waals surface area contributed by atoms with Gasteiger partial charge in [0.1, 0.15) is 54.5 Å². The van der Waals surface area contributed by atoms with Crippen molar-refractivity contribution in [3.63, 3.8) is 0 Å². The number of hydrogen-bond donors (Lipinski definition) is 0. The molecule has 20 heteroatoms. The van der Waals surface area contributed by atoms with Crippen LogP contribution in [0.2, 0.25) is 0 Å². The summed E-state index contributed by atoms with van der Waals surface area (Å²) in [7, 11) is 0. The summed E-state index contributed by atoms with van der Waals surface area (Å²) < 4.78 is 105. The van der Waals surface area contributed by atoms with Crippen molar-refractivity contribution in [1.29, 1.82) is 0 Å². The highest BCUT2D eigenvalue weighted by Crippen LogP contribution is 2.26. The van der Waals surface area contributed by atoms with Gasteiger partial charge in [0.25, 0.3) is 0 Å². The lowest BCUT2D eigenvalue weighted by atomic mass is 10.2. The third-order valence-corrected chi connectivity index (χ3v) is 11.6. The molecule has 20 nitrogen and oxygen atoms in total. The zero-order valence-corrected chi connectivity index (χ0v) is 44.2. The highest BCUT2D eigenvalue weighted by molar-refractivity contribution is 4.92. The maximum absolute atomic E-state index is 6.50. The van der Waals surface area contributed by atoms with Crippen LogP contribution in [-0.2, 0) is 87.1 Å². The Kier molecular flexibility index (Phi) is 26.2. The average Bonchev–Trinajstić information content (AvgIpc) is 4.16. The molecule has 4 saturated heterocycles. The molecule has 5 heterocycles. The Balaban J connectivity index is 1.21. The third kappa shape index (κ3) is 24.4. The van der Waals surface area contributed by atoms with Crippen molar-refractivity contribution in [2.45, 2.75) is 172 Å². The lowest BCUT2D eigenvalue weighted by Gasteiger charge is -2.24. The predicted molar refractivity (Wildman–Crippen MR) is 260 cm³/mol. The first-order valence-corrected chi connectivity index (χ1v) is 25.7. The smallest absolute Gasteiger partial charge is 0.163 e. The van der Waals surface area contributed by atoms with E-state index in [1.165, 1.54) is 0 Å². The van der Waals surface area contributed by atoms with Crippen molar-refractivity contribution < 1.29 is 80.5 Å². The van der Waals surface area contributed by atoms with Gasteiger partial charge in [0.15, 0.2) is 23.1 Å². The Morgan fingerprint density at radius 2 is 0.901 bits per heavy atom. The second kappa shape index (κ2) is 31.1. The van der Waals surface area contributed by atoms with Gasteiger partial charge in [0.2, 0.25) is 0 Å². The molecule has 0 amide bonds. The number of hydrogen-bond acceptors (Lipinski definition) is 19. The summed E-state index contributed by atoms with van der Waals surface area (Å²) in [6.07, 6.45) is 9.33. The normalized spacial score (nSPS) is 24.7. The van der Waals surface area contributed by atoms with Crippen molar-refractivity contribution in [3.05, 3.63) is 37.2 Å². The molecular weight excluding hydrogens is 927 g/mol. The van der Waals surface area contributed by atoms with Crippen LogP contribution in [0.15, 0.2) is 31.5 Å². The van der Waals surface area contributed by atoms with Gasteiger partial charge in [-0.1, -0.05) is 17.4 Å². The molecule has 0 saturated carbocycles. The zero-order chi connectivity index (χ0) is 51.0. The van der Waals surface area contributed by atoms with Crippen LogP contribution < -0.4 is 0 Å². The number of ether oxygens (including phenoxy) is 17. The van der Waals surface area contributed by atoms with Crippen LogP contribution in [0.25, 0.3) is 0 Å². The highest BCUT2D eigenvalue weighted by atomic mass is 16.8. The van der Waals surface area contributed by atoms with E-state index in [2.05, 4.69) is 23.5 Å². The summed E-state index contributed by atoms with van der Waals surface area (Å²) in [5.74, 6) is -2.67. The molecule has 4 aliphatic heterocycles. The minimum atomic E-state index is -0.680. The molecule has 5 rings (SSSR count). The first-order chi connectivity index (χ1) is 34.0. The molecule has 4 fully saturated rings. The third-order valence-electron chi connectivity index (χ3n) is 11.6. The fraction of sp³-hybridized carbons (Fsp3) is 0.882. The van der Waals surface area contributed by atoms with E-state index in [0.717, 1.165) is 38.5 Å². The number of allylic oxidation sites excluding steroid dienone is 2. The number of aromatic nitrogens is 3. The molecule has 0 radical (unpaired) electrons. The fourth-order valence-electron chi connectivity index (χ4n) is 8.01. The predicted octanol–water partition coefficient (Wildman–Crippen LogP) is 5.89. The summed E-state index contributed by atoms with van der Waals surface area (Å²) >= 11 is 0. The lowest BCUT2D eigenvalue weighted by Crippen LogP contribution is -2.36. The second-order valence-electron chi connectivity index (χ2n) is 20.4. The second-order valence-corrected chi connectivity index (χ2v) is 20.4. The molecule has 0 N–H and O–H groups in total. The van der Waals surface area contributed by atoms with Gasteiger partial charge >= 0.3 is 0 Å². The minimum absolute atomic E-state index is 0.143. The molecule has 4 aliphatic rings. The van der Waals surface area contributed by atoms with Crippen molar-refractivity contribution in [2.24, 2.45) is 0 Å². The van der Waals surface area contributed by atoms with Gasteiger partial charge in [-0.05, 0) is 93.9 Å². The van der Waals surface area contributed by atoms with Crippen LogP contribution in [0.3, 0.4) is 0 Å². The Morgan fingerprint density at radius 1 is 0.521 bits per heavy atom. The van der Waals surface area contributed by atoms with Crippen molar-refractivity contribution >= 4 is 0 Å². The SMILES string of the molecule is C=CCCCCOCC(COCCCCC=C)n1cc(COC(COCC(COCC2COC(C)(C)O2)OCC2COC(C)(C)O2)COCC(COCC2COC(C)(C)O2)OCC2COC(C)(C)O2)nn1. The van der Waals surface area contributed by atoms with Gasteiger partial charge in [-0.2, -0.15) is 0 Å². The van der Waals surface area contributed by atoms with Crippen LogP contribution in [0.4, 0.5) is 0 Å². The Hall–Kier alpha value is -2.06. The van der Waals surface area contributed by atoms with Crippen LogP contribution >= 0.6 is 0 Å². The number of unbranched alkanes of at least 4 members (excludes halogenated alkanes) is 4. The molecule has 6 atom stereocenters. The van der Waals surface area contributed by atoms with Crippen LogP contribution in [0.5, 0.6) is 0 Å². The van der Waals surface area contributed by atoms with Crippen LogP contribution in [-0.4, -0.2) is 200 Å². The average molecular weight is 1020 g/mol. The molecule has 0 bridgehead atoms. The van der Waals surface area contributed by atoms with Crippen LogP contribution in [0, 0.1) is 0 Å². The Bertz CT molecular complexity index is 1520. The van der Waals surface area contributed by atoms with E-state index in [4.69, 9.17) is 80.5 Å². The van der Waals surface area contributed by atoms with E-state index in [1.54, 1.807) is 4.68 Å². The maximum atomic E-state index is 6.50. The van der Waals surface area contributed by atoms with Crippen molar-refractivity contribution in [2.75, 3.05) is 119 Å².